The molecule has 0 amide bonds. The van der Waals surface area contributed by atoms with Gasteiger partial charge >= 0.3 is 0 Å². The van der Waals surface area contributed by atoms with Crippen molar-refractivity contribution in [2.45, 2.75) is 59.3 Å². The van der Waals surface area contributed by atoms with Gasteiger partial charge in [0.1, 0.15) is 12.6 Å². The van der Waals surface area contributed by atoms with Gasteiger partial charge in [-0.15, -0.1) is 0 Å². The number of hydrogen-bond acceptors (Lipinski definition) is 2. The standard InChI is InChI=1S/C19H32NOS/c1-8-10-18(14(3)4)15(5)20(7,9-2)13-17-11-12-19(21)22-16(17)6/h8,10-11,15-16H,9,12-13H2,1-7H3/q+1. The molecule has 3 atom stereocenters. The van der Waals surface area contributed by atoms with Crippen LogP contribution in [0.3, 0.4) is 0 Å². The predicted octanol–water partition coefficient (Wildman–Crippen LogP) is 4.73. The summed E-state index contributed by atoms with van der Waals surface area (Å²) in [5, 5.41) is 0.614. The first-order chi connectivity index (χ1) is 10.2. The number of carbonyl (C=O) groups is 1. The van der Waals surface area contributed by atoms with Crippen LogP contribution in [0.5, 0.6) is 0 Å². The summed E-state index contributed by atoms with van der Waals surface area (Å²) < 4.78 is 0.982. The van der Waals surface area contributed by atoms with Crippen LogP contribution in [0.4, 0.5) is 0 Å². The van der Waals surface area contributed by atoms with E-state index in [9.17, 15) is 4.79 Å². The minimum atomic E-state index is 0.300. The Kier molecular flexibility index (Phi) is 7.14. The number of thioether (sulfide) groups is 1. The van der Waals surface area contributed by atoms with Crippen molar-refractivity contribution in [3.05, 3.63) is 34.9 Å². The van der Waals surface area contributed by atoms with E-state index < -0.39 is 0 Å². The van der Waals surface area contributed by atoms with Gasteiger partial charge < -0.3 is 4.48 Å². The molecule has 0 aromatic heterocycles. The van der Waals surface area contributed by atoms with Crippen molar-refractivity contribution in [2.75, 3.05) is 20.1 Å². The SMILES string of the molecule is CC=CC(=C(C)C)C(C)[N+](C)(CC)CC1=CCC(=O)SC1C. The molecule has 0 N–H and O–H groups in total. The summed E-state index contributed by atoms with van der Waals surface area (Å²) in [5.41, 5.74) is 4.24. The Morgan fingerprint density at radius 3 is 2.59 bits per heavy atom. The van der Waals surface area contributed by atoms with Gasteiger partial charge in [0.2, 0.25) is 0 Å². The summed E-state index contributed by atoms with van der Waals surface area (Å²) in [7, 11) is 2.34. The highest BCUT2D eigenvalue weighted by atomic mass is 32.2. The summed E-state index contributed by atoms with van der Waals surface area (Å²) >= 11 is 1.49. The van der Waals surface area contributed by atoms with Crippen molar-refractivity contribution < 1.29 is 9.28 Å². The van der Waals surface area contributed by atoms with Crippen LogP contribution in [0.15, 0.2) is 34.9 Å². The third kappa shape index (κ3) is 4.60. The van der Waals surface area contributed by atoms with E-state index in [1.54, 1.807) is 0 Å². The molecule has 1 heterocycles. The molecule has 3 heteroatoms. The van der Waals surface area contributed by atoms with Crippen LogP contribution in [-0.2, 0) is 4.79 Å². The van der Waals surface area contributed by atoms with Crippen molar-refractivity contribution in [2.24, 2.45) is 0 Å². The maximum Gasteiger partial charge on any atom is 0.193 e. The van der Waals surface area contributed by atoms with Crippen LogP contribution < -0.4 is 0 Å². The summed E-state index contributed by atoms with van der Waals surface area (Å²) in [6.07, 6.45) is 7.14. The Balaban J connectivity index is 3.06. The Bertz CT molecular complexity index is 500. The lowest BCUT2D eigenvalue weighted by Crippen LogP contribution is -2.53. The van der Waals surface area contributed by atoms with Crippen molar-refractivity contribution in [3.63, 3.8) is 0 Å². The monoisotopic (exact) mass is 322 g/mol. The third-order valence-corrected chi connectivity index (χ3v) is 6.02. The number of hydrogen-bond donors (Lipinski definition) is 0. The second-order valence-electron chi connectivity index (χ2n) is 6.70. The summed E-state index contributed by atoms with van der Waals surface area (Å²) in [6.45, 7) is 15.3. The number of rotatable bonds is 6. The van der Waals surface area contributed by atoms with E-state index in [4.69, 9.17) is 0 Å². The van der Waals surface area contributed by atoms with Gasteiger partial charge in [0, 0.05) is 17.2 Å². The lowest BCUT2D eigenvalue weighted by molar-refractivity contribution is -0.920. The van der Waals surface area contributed by atoms with Crippen molar-refractivity contribution in [1.29, 1.82) is 0 Å². The number of quaternary nitrogens is 1. The molecule has 0 saturated heterocycles. The van der Waals surface area contributed by atoms with E-state index in [0.717, 1.165) is 17.6 Å². The molecule has 1 aliphatic rings. The molecule has 2 nitrogen and oxygen atoms in total. The van der Waals surface area contributed by atoms with E-state index in [-0.39, 0.29) is 0 Å². The minimum Gasteiger partial charge on any atom is -0.317 e. The van der Waals surface area contributed by atoms with Crippen molar-refractivity contribution in [3.8, 4) is 0 Å². The van der Waals surface area contributed by atoms with Crippen LogP contribution in [0.1, 0.15) is 48.0 Å². The lowest BCUT2D eigenvalue weighted by Gasteiger charge is -2.42. The average molecular weight is 323 g/mol. The van der Waals surface area contributed by atoms with Gasteiger partial charge in [0.15, 0.2) is 5.12 Å². The number of nitrogens with zero attached hydrogens (tertiary/aromatic N) is 1. The molecule has 124 valence electrons. The fourth-order valence-corrected chi connectivity index (χ4v) is 3.97. The van der Waals surface area contributed by atoms with E-state index in [1.165, 1.54) is 28.5 Å². The van der Waals surface area contributed by atoms with Crippen LogP contribution in [-0.4, -0.2) is 41.0 Å². The predicted molar refractivity (Wildman–Crippen MR) is 99.0 cm³/mol. The smallest absolute Gasteiger partial charge is 0.193 e. The number of carbonyl (C=O) groups excluding carboxylic acids is 1. The van der Waals surface area contributed by atoms with E-state index in [0.29, 0.717) is 22.8 Å². The van der Waals surface area contributed by atoms with Gasteiger partial charge in [-0.1, -0.05) is 35.6 Å². The van der Waals surface area contributed by atoms with E-state index >= 15 is 0 Å². The molecule has 0 saturated carbocycles. The zero-order chi connectivity index (χ0) is 16.9. The highest BCUT2D eigenvalue weighted by Crippen LogP contribution is 2.31. The topological polar surface area (TPSA) is 17.1 Å². The molecule has 1 rings (SSSR count). The number of allylic oxidation sites excluding steroid dienone is 3. The Morgan fingerprint density at radius 1 is 1.50 bits per heavy atom. The van der Waals surface area contributed by atoms with Crippen LogP contribution in [0.25, 0.3) is 0 Å². The van der Waals surface area contributed by atoms with Gasteiger partial charge in [-0.05, 0) is 47.1 Å². The van der Waals surface area contributed by atoms with Gasteiger partial charge in [-0.2, -0.15) is 0 Å². The lowest BCUT2D eigenvalue weighted by atomic mass is 9.98. The maximum atomic E-state index is 11.6. The summed E-state index contributed by atoms with van der Waals surface area (Å²) in [6, 6.07) is 0.446. The Hall–Kier alpha value is -0.800. The highest BCUT2D eigenvalue weighted by molar-refractivity contribution is 8.14. The molecule has 0 radical (unpaired) electrons. The second-order valence-corrected chi connectivity index (χ2v) is 8.10. The Morgan fingerprint density at radius 2 is 2.14 bits per heavy atom. The second kappa shape index (κ2) is 8.16. The fraction of sp³-hybridized carbons (Fsp3) is 0.632. The molecular formula is C19H32NOS+. The molecule has 0 aliphatic carbocycles. The van der Waals surface area contributed by atoms with Crippen LogP contribution in [0.2, 0.25) is 0 Å². The Labute approximate surface area is 140 Å². The van der Waals surface area contributed by atoms with Gasteiger partial charge in [-0.3, -0.25) is 4.79 Å². The maximum absolute atomic E-state index is 11.6. The molecule has 3 unspecified atom stereocenters. The van der Waals surface area contributed by atoms with Gasteiger partial charge in [-0.25, -0.2) is 0 Å². The van der Waals surface area contributed by atoms with Crippen molar-refractivity contribution in [1.82, 2.24) is 0 Å². The number of likely N-dealkylation sites (N-methyl/N-ethyl adjacent to an activating group) is 1. The fourth-order valence-electron chi connectivity index (χ4n) is 3.07. The van der Waals surface area contributed by atoms with Crippen LogP contribution in [0, 0.1) is 0 Å². The molecular weight excluding hydrogens is 290 g/mol. The summed E-state index contributed by atoms with van der Waals surface area (Å²) in [4.78, 5) is 11.6. The summed E-state index contributed by atoms with van der Waals surface area (Å²) in [5.74, 6) is 0. The van der Waals surface area contributed by atoms with Crippen LogP contribution >= 0.6 is 11.8 Å². The largest absolute Gasteiger partial charge is 0.317 e. The zero-order valence-electron chi connectivity index (χ0n) is 15.3. The quantitative estimate of drug-likeness (QED) is 0.399. The van der Waals surface area contributed by atoms with E-state index in [1.807, 2.05) is 0 Å². The van der Waals surface area contributed by atoms with Gasteiger partial charge in [0.25, 0.3) is 0 Å². The molecule has 0 aromatic carbocycles. The highest BCUT2D eigenvalue weighted by Gasteiger charge is 2.33. The van der Waals surface area contributed by atoms with Gasteiger partial charge in [0.05, 0.1) is 13.6 Å². The molecule has 0 aromatic rings. The molecule has 0 fully saturated rings. The van der Waals surface area contributed by atoms with Crippen molar-refractivity contribution >= 4 is 16.9 Å². The molecule has 0 bridgehead atoms. The average Bonchev–Trinajstić information content (AvgIpc) is 2.46. The molecule has 0 spiro atoms. The molecule has 22 heavy (non-hydrogen) atoms. The third-order valence-electron chi connectivity index (χ3n) is 4.94. The normalized spacial score (nSPS) is 23.1. The first kappa shape index (κ1) is 19.2. The zero-order valence-corrected chi connectivity index (χ0v) is 16.1. The first-order valence-electron chi connectivity index (χ1n) is 8.27. The minimum absolute atomic E-state index is 0.300. The van der Waals surface area contributed by atoms with E-state index in [2.05, 4.69) is 66.8 Å². The molecule has 1 aliphatic heterocycles. The first-order valence-corrected chi connectivity index (χ1v) is 9.15.